The van der Waals surface area contributed by atoms with Crippen molar-refractivity contribution in [2.24, 2.45) is 5.18 Å². The smallest absolute Gasteiger partial charge is 0.222 e. The molecule has 0 spiro atoms. The number of allylic oxidation sites excluding steroid dienone is 4. The molecule has 4 rings (SSSR count). The van der Waals surface area contributed by atoms with Crippen molar-refractivity contribution >= 4 is 56.7 Å². The Morgan fingerprint density at radius 2 is 2.27 bits per heavy atom. The van der Waals surface area contributed by atoms with Crippen LogP contribution in [-0.2, 0) is 6.54 Å². The van der Waals surface area contributed by atoms with Crippen molar-refractivity contribution in [1.29, 1.82) is 0 Å². The van der Waals surface area contributed by atoms with E-state index in [4.69, 9.17) is 23.2 Å². The first kappa shape index (κ1) is 17.3. The Bertz CT molecular complexity index is 1070. The van der Waals surface area contributed by atoms with Crippen LogP contribution < -0.4 is 0 Å². The van der Waals surface area contributed by atoms with Crippen LogP contribution in [0.1, 0.15) is 17.1 Å². The van der Waals surface area contributed by atoms with Crippen LogP contribution in [0.4, 0.5) is 5.69 Å². The predicted molar refractivity (Wildman–Crippen MR) is 107 cm³/mol. The van der Waals surface area contributed by atoms with Crippen LogP contribution in [0.15, 0.2) is 47.0 Å². The van der Waals surface area contributed by atoms with Crippen molar-refractivity contribution in [1.82, 2.24) is 9.55 Å². The van der Waals surface area contributed by atoms with E-state index < -0.39 is 0 Å². The zero-order valence-electron chi connectivity index (χ0n) is 13.4. The summed E-state index contributed by atoms with van der Waals surface area (Å²) >= 11 is 13.6. The fraction of sp³-hybridized carbons (Fsp3) is 0.167. The van der Waals surface area contributed by atoms with Gasteiger partial charge in [-0.3, -0.25) is 0 Å². The number of aromatic nitrogens is 2. The predicted octanol–water partition coefficient (Wildman–Crippen LogP) is 5.85. The highest BCUT2D eigenvalue weighted by Crippen LogP contribution is 2.40. The third-order valence-corrected chi connectivity index (χ3v) is 5.73. The molecule has 1 unspecified atom stereocenters. The zero-order chi connectivity index (χ0) is 18.3. The Morgan fingerprint density at radius 1 is 1.42 bits per heavy atom. The van der Waals surface area contributed by atoms with Crippen molar-refractivity contribution in [2.45, 2.75) is 18.3 Å². The molecule has 1 aliphatic rings. The van der Waals surface area contributed by atoms with Crippen molar-refractivity contribution in [2.75, 3.05) is 0 Å². The molecule has 2 aromatic heterocycles. The molecule has 0 radical (unpaired) electrons. The standard InChI is InChI=1S/C18H13Cl2N3O2S/c19-11-3-1-10(2-4-11)17-21-13(9-26-17)8-23-15-6-5-12(20)7-14(15)16(22-25)18(23)24/h1-3,5-7,9,11,24H,4,8H2. The number of alkyl halides is 1. The average Bonchev–Trinajstić information content (AvgIpc) is 3.19. The van der Waals surface area contributed by atoms with Crippen molar-refractivity contribution in [3.8, 4) is 5.88 Å². The Labute approximate surface area is 163 Å². The fourth-order valence-electron chi connectivity index (χ4n) is 2.97. The van der Waals surface area contributed by atoms with E-state index in [9.17, 15) is 10.0 Å². The molecule has 1 atom stereocenters. The summed E-state index contributed by atoms with van der Waals surface area (Å²) in [7, 11) is 0. The molecule has 1 aromatic carbocycles. The number of rotatable bonds is 4. The Kier molecular flexibility index (Phi) is 4.56. The van der Waals surface area contributed by atoms with E-state index in [1.54, 1.807) is 22.8 Å². The maximum absolute atomic E-state index is 11.1. The number of fused-ring (bicyclic) bond motifs is 1. The van der Waals surface area contributed by atoms with Crippen molar-refractivity contribution < 1.29 is 5.11 Å². The first-order valence-electron chi connectivity index (χ1n) is 7.88. The molecule has 26 heavy (non-hydrogen) atoms. The highest BCUT2D eigenvalue weighted by molar-refractivity contribution is 7.10. The lowest BCUT2D eigenvalue weighted by Gasteiger charge is -2.08. The van der Waals surface area contributed by atoms with Gasteiger partial charge in [0.1, 0.15) is 5.01 Å². The fourth-order valence-corrected chi connectivity index (χ4v) is 4.14. The van der Waals surface area contributed by atoms with E-state index in [0.717, 1.165) is 22.7 Å². The molecule has 0 amide bonds. The highest BCUT2D eigenvalue weighted by Gasteiger charge is 2.19. The van der Waals surface area contributed by atoms with Crippen LogP contribution in [0.2, 0.25) is 5.02 Å². The van der Waals surface area contributed by atoms with E-state index in [2.05, 4.69) is 16.2 Å². The number of nitrogens with zero attached hydrogens (tertiary/aromatic N) is 3. The van der Waals surface area contributed by atoms with Crippen LogP contribution >= 0.6 is 34.5 Å². The van der Waals surface area contributed by atoms with E-state index in [0.29, 0.717) is 22.5 Å². The van der Waals surface area contributed by atoms with Crippen molar-refractivity contribution in [3.63, 3.8) is 0 Å². The van der Waals surface area contributed by atoms with Gasteiger partial charge in [-0.2, -0.15) is 0 Å². The third kappa shape index (κ3) is 3.05. The summed E-state index contributed by atoms with van der Waals surface area (Å²) in [5, 5.41) is 17.2. The maximum Gasteiger partial charge on any atom is 0.222 e. The molecule has 1 aliphatic carbocycles. The van der Waals surface area contributed by atoms with Gasteiger partial charge in [-0.05, 0) is 29.8 Å². The van der Waals surface area contributed by atoms with Crippen LogP contribution in [0.3, 0.4) is 0 Å². The lowest BCUT2D eigenvalue weighted by atomic mass is 10.1. The lowest BCUT2D eigenvalue weighted by molar-refractivity contribution is 0.429. The molecular formula is C18H13Cl2N3O2S. The summed E-state index contributed by atoms with van der Waals surface area (Å²) < 4.78 is 1.61. The van der Waals surface area contributed by atoms with E-state index >= 15 is 0 Å². The van der Waals surface area contributed by atoms with Crippen molar-refractivity contribution in [3.05, 3.63) is 62.4 Å². The summed E-state index contributed by atoms with van der Waals surface area (Å²) in [6.07, 6.45) is 6.78. The second kappa shape index (κ2) is 6.87. The normalized spacial score (nSPS) is 16.8. The third-order valence-electron chi connectivity index (χ3n) is 4.23. The maximum atomic E-state index is 11.1. The van der Waals surface area contributed by atoms with Gasteiger partial charge in [0.25, 0.3) is 0 Å². The lowest BCUT2D eigenvalue weighted by Crippen LogP contribution is -2.00. The van der Waals surface area contributed by atoms with Gasteiger partial charge in [0.2, 0.25) is 5.88 Å². The molecule has 3 aromatic rings. The number of thiazole rings is 1. The monoisotopic (exact) mass is 405 g/mol. The number of hydrogen-bond donors (Lipinski definition) is 1. The number of nitroso groups, excluding NO2 is 1. The quantitative estimate of drug-likeness (QED) is 0.436. The molecule has 0 bridgehead atoms. The van der Waals surface area contributed by atoms with Crippen LogP contribution in [0.25, 0.3) is 16.5 Å². The zero-order valence-corrected chi connectivity index (χ0v) is 15.7. The second-order valence-corrected chi connectivity index (χ2v) is 7.78. The van der Waals surface area contributed by atoms with Crippen LogP contribution in [-0.4, -0.2) is 20.0 Å². The number of aromatic hydroxyl groups is 1. The van der Waals surface area contributed by atoms with Gasteiger partial charge in [-0.15, -0.1) is 27.8 Å². The van der Waals surface area contributed by atoms with Gasteiger partial charge in [-0.1, -0.05) is 29.8 Å². The van der Waals surface area contributed by atoms with Gasteiger partial charge in [0.05, 0.1) is 23.1 Å². The SMILES string of the molecule is O=Nc1c(O)n(Cc2csc(C3=CCC(Cl)C=C3)n2)c2ccc(Cl)cc12. The van der Waals surface area contributed by atoms with E-state index in [1.807, 2.05) is 17.5 Å². The molecule has 132 valence electrons. The van der Waals surface area contributed by atoms with E-state index in [1.165, 1.54) is 11.3 Å². The molecule has 0 saturated carbocycles. The number of hydrogen-bond acceptors (Lipinski definition) is 5. The van der Waals surface area contributed by atoms with Gasteiger partial charge in [0.15, 0.2) is 5.69 Å². The summed E-state index contributed by atoms with van der Waals surface area (Å²) in [5.41, 5.74) is 2.50. The minimum atomic E-state index is -0.187. The van der Waals surface area contributed by atoms with Gasteiger partial charge in [-0.25, -0.2) is 4.98 Å². The molecule has 1 N–H and O–H groups in total. The molecule has 0 saturated heterocycles. The van der Waals surface area contributed by atoms with Gasteiger partial charge >= 0.3 is 0 Å². The average molecular weight is 406 g/mol. The molecule has 0 aliphatic heterocycles. The second-order valence-electron chi connectivity index (χ2n) is 5.93. The van der Waals surface area contributed by atoms with Crippen LogP contribution in [0, 0.1) is 4.91 Å². The summed E-state index contributed by atoms with van der Waals surface area (Å²) in [6.45, 7) is 0.325. The molecule has 8 heteroatoms. The first-order chi connectivity index (χ1) is 12.6. The Balaban J connectivity index is 1.69. The molecule has 0 fully saturated rings. The first-order valence-corrected chi connectivity index (χ1v) is 9.57. The number of halogens is 2. The summed E-state index contributed by atoms with van der Waals surface area (Å²) in [5.74, 6) is -0.187. The Hall–Kier alpha value is -2.15. The Morgan fingerprint density at radius 3 is 3.00 bits per heavy atom. The highest BCUT2D eigenvalue weighted by atomic mass is 35.5. The summed E-state index contributed by atoms with van der Waals surface area (Å²) in [4.78, 5) is 15.8. The number of benzene rings is 1. The minimum Gasteiger partial charge on any atom is -0.493 e. The minimum absolute atomic E-state index is 0.0102. The van der Waals surface area contributed by atoms with Crippen LogP contribution in [0.5, 0.6) is 5.88 Å². The van der Waals surface area contributed by atoms with E-state index in [-0.39, 0.29) is 16.9 Å². The van der Waals surface area contributed by atoms with Gasteiger partial charge < -0.3 is 9.67 Å². The van der Waals surface area contributed by atoms with Gasteiger partial charge in [0, 0.05) is 21.4 Å². The summed E-state index contributed by atoms with van der Waals surface area (Å²) in [6, 6.07) is 5.09. The molecule has 2 heterocycles. The molecular weight excluding hydrogens is 393 g/mol. The largest absolute Gasteiger partial charge is 0.493 e. The topological polar surface area (TPSA) is 67.5 Å². The molecule has 5 nitrogen and oxygen atoms in total.